The van der Waals surface area contributed by atoms with Gasteiger partial charge in [0.05, 0.1) is 16.8 Å². The second-order valence-electron chi connectivity index (χ2n) is 5.62. The number of aryl methyl sites for hydroxylation is 2. The number of amides is 1. The average Bonchev–Trinajstić information content (AvgIpc) is 3.17. The predicted molar refractivity (Wildman–Crippen MR) is 92.1 cm³/mol. The molecule has 0 spiro atoms. The summed E-state index contributed by atoms with van der Waals surface area (Å²) in [5, 5.41) is 2.93. The van der Waals surface area contributed by atoms with E-state index in [9.17, 15) is 4.79 Å². The van der Waals surface area contributed by atoms with Crippen LogP contribution in [0.5, 0.6) is 0 Å². The van der Waals surface area contributed by atoms with Crippen LogP contribution in [-0.4, -0.2) is 24.0 Å². The third-order valence-electron chi connectivity index (χ3n) is 4.00. The highest BCUT2D eigenvalue weighted by atomic mass is 32.1. The summed E-state index contributed by atoms with van der Waals surface area (Å²) in [4.78, 5) is 21.1. The first-order valence-electron chi connectivity index (χ1n) is 7.79. The largest absolute Gasteiger partial charge is 0.357 e. The molecule has 1 aliphatic rings. The highest BCUT2D eigenvalue weighted by molar-refractivity contribution is 7.14. The maximum atomic E-state index is 12.3. The highest BCUT2D eigenvalue weighted by Gasteiger charge is 2.14. The number of hydrogen-bond donors (Lipinski definition) is 1. The average molecular weight is 315 g/mol. The minimum absolute atomic E-state index is 0.0523. The zero-order valence-electron chi connectivity index (χ0n) is 13.1. The molecule has 2 aromatic heterocycles. The summed E-state index contributed by atoms with van der Waals surface area (Å²) in [7, 11) is 0. The molecule has 0 radical (unpaired) electrons. The number of anilines is 2. The highest BCUT2D eigenvalue weighted by Crippen LogP contribution is 2.24. The molecule has 116 valence electrons. The predicted octanol–water partition coefficient (Wildman–Crippen LogP) is 3.87. The van der Waals surface area contributed by atoms with Gasteiger partial charge >= 0.3 is 0 Å². The quantitative estimate of drug-likeness (QED) is 0.931. The van der Waals surface area contributed by atoms with Crippen LogP contribution in [0.3, 0.4) is 0 Å². The number of nitrogens with one attached hydrogen (secondary N) is 1. The van der Waals surface area contributed by atoms with Crippen LogP contribution >= 0.6 is 11.3 Å². The van der Waals surface area contributed by atoms with Gasteiger partial charge in [-0.3, -0.25) is 4.79 Å². The zero-order chi connectivity index (χ0) is 15.5. The molecule has 4 nitrogen and oxygen atoms in total. The molecule has 2 aromatic rings. The molecule has 1 saturated heterocycles. The first-order valence-corrected chi connectivity index (χ1v) is 8.60. The normalized spacial score (nSPS) is 14.4. The molecule has 1 fully saturated rings. The van der Waals surface area contributed by atoms with E-state index >= 15 is 0 Å². The fourth-order valence-corrected chi connectivity index (χ4v) is 3.78. The summed E-state index contributed by atoms with van der Waals surface area (Å²) >= 11 is 1.57. The minimum Gasteiger partial charge on any atom is -0.357 e. The Kier molecular flexibility index (Phi) is 4.43. The third-order valence-corrected chi connectivity index (χ3v) is 5.38. The van der Waals surface area contributed by atoms with Crippen molar-refractivity contribution in [1.82, 2.24) is 4.98 Å². The molecule has 0 unspecified atom stereocenters. The van der Waals surface area contributed by atoms with Crippen LogP contribution in [0.25, 0.3) is 0 Å². The van der Waals surface area contributed by atoms with Crippen LogP contribution in [-0.2, 0) is 6.42 Å². The van der Waals surface area contributed by atoms with Crippen molar-refractivity contribution >= 4 is 28.7 Å². The van der Waals surface area contributed by atoms with E-state index in [1.807, 2.05) is 18.2 Å². The van der Waals surface area contributed by atoms with Gasteiger partial charge in [0.25, 0.3) is 5.91 Å². The summed E-state index contributed by atoms with van der Waals surface area (Å²) < 4.78 is 0. The molecule has 0 aromatic carbocycles. The van der Waals surface area contributed by atoms with E-state index in [0.29, 0.717) is 0 Å². The summed E-state index contributed by atoms with van der Waals surface area (Å²) in [5.41, 5.74) is 1.94. The maximum absolute atomic E-state index is 12.3. The number of nitrogens with zero attached hydrogens (tertiary/aromatic N) is 2. The van der Waals surface area contributed by atoms with E-state index in [2.05, 4.69) is 29.0 Å². The van der Waals surface area contributed by atoms with Crippen molar-refractivity contribution in [2.24, 2.45) is 0 Å². The van der Waals surface area contributed by atoms with Crippen LogP contribution < -0.4 is 10.2 Å². The first-order chi connectivity index (χ1) is 10.7. The lowest BCUT2D eigenvalue weighted by molar-refractivity contribution is 0.103. The molecule has 5 heteroatoms. The fourth-order valence-electron chi connectivity index (χ4n) is 2.77. The number of thiophene rings is 1. The van der Waals surface area contributed by atoms with Crippen LogP contribution in [0, 0.1) is 6.92 Å². The second kappa shape index (κ2) is 6.48. The van der Waals surface area contributed by atoms with Crippen LogP contribution in [0.4, 0.5) is 11.5 Å². The number of carbonyl (C=O) groups excluding carboxylic acids is 1. The smallest absolute Gasteiger partial charge is 0.265 e. The number of carbonyl (C=O) groups is 1. The molecular weight excluding hydrogens is 294 g/mol. The number of aromatic nitrogens is 1. The molecule has 22 heavy (non-hydrogen) atoms. The van der Waals surface area contributed by atoms with Crippen molar-refractivity contribution in [2.75, 3.05) is 23.3 Å². The van der Waals surface area contributed by atoms with E-state index in [-0.39, 0.29) is 5.91 Å². The molecule has 0 aliphatic carbocycles. The third kappa shape index (κ3) is 3.14. The van der Waals surface area contributed by atoms with Gasteiger partial charge in [-0.1, -0.05) is 6.92 Å². The van der Waals surface area contributed by atoms with Gasteiger partial charge in [-0.15, -0.1) is 11.3 Å². The Bertz CT molecular complexity index is 657. The standard InChI is InChI=1S/C17H21N3OS/c1-3-14-12(2)10-15(22-14)17(21)19-13-6-7-16(18-11-13)20-8-4-5-9-20/h6-7,10-11H,3-5,8-9H2,1-2H3,(H,19,21). The SMILES string of the molecule is CCc1sc(C(=O)Nc2ccc(N3CCCC3)nc2)cc1C. The molecule has 1 aliphatic heterocycles. The molecule has 0 bridgehead atoms. The summed E-state index contributed by atoms with van der Waals surface area (Å²) in [6, 6.07) is 5.88. The van der Waals surface area contributed by atoms with Crippen LogP contribution in [0.1, 0.15) is 39.9 Å². The monoisotopic (exact) mass is 315 g/mol. The van der Waals surface area contributed by atoms with Gasteiger partial charge in [0.1, 0.15) is 5.82 Å². The van der Waals surface area contributed by atoms with E-state index in [1.165, 1.54) is 23.3 Å². The second-order valence-corrected chi connectivity index (χ2v) is 6.76. The van der Waals surface area contributed by atoms with Gasteiger partial charge in [-0.05, 0) is 49.9 Å². The van der Waals surface area contributed by atoms with Gasteiger partial charge in [-0.2, -0.15) is 0 Å². The molecule has 3 heterocycles. The summed E-state index contributed by atoms with van der Waals surface area (Å²) in [6.07, 6.45) is 5.18. The molecule has 3 rings (SSSR count). The number of rotatable bonds is 4. The maximum Gasteiger partial charge on any atom is 0.265 e. The van der Waals surface area contributed by atoms with Crippen molar-refractivity contribution in [3.05, 3.63) is 39.7 Å². The lowest BCUT2D eigenvalue weighted by Crippen LogP contribution is -2.19. The minimum atomic E-state index is -0.0523. The van der Waals surface area contributed by atoms with Crippen LogP contribution in [0.2, 0.25) is 0 Å². The Balaban J connectivity index is 1.68. The van der Waals surface area contributed by atoms with E-state index in [0.717, 1.165) is 35.9 Å². The lowest BCUT2D eigenvalue weighted by Gasteiger charge is -2.16. The van der Waals surface area contributed by atoms with Gasteiger partial charge in [0.15, 0.2) is 0 Å². The summed E-state index contributed by atoms with van der Waals surface area (Å²) in [5.74, 6) is 0.944. The first kappa shape index (κ1) is 15.0. The molecular formula is C17H21N3OS. The zero-order valence-corrected chi connectivity index (χ0v) is 13.9. The Morgan fingerprint density at radius 1 is 1.36 bits per heavy atom. The van der Waals surface area contributed by atoms with Crippen molar-refractivity contribution in [1.29, 1.82) is 0 Å². The van der Waals surface area contributed by atoms with Gasteiger partial charge in [0.2, 0.25) is 0 Å². The van der Waals surface area contributed by atoms with Crippen LogP contribution in [0.15, 0.2) is 24.4 Å². The molecule has 1 N–H and O–H groups in total. The van der Waals surface area contributed by atoms with E-state index < -0.39 is 0 Å². The van der Waals surface area contributed by atoms with Gasteiger partial charge in [-0.25, -0.2) is 4.98 Å². The summed E-state index contributed by atoms with van der Waals surface area (Å²) in [6.45, 7) is 6.32. The van der Waals surface area contributed by atoms with Crippen molar-refractivity contribution in [2.45, 2.75) is 33.1 Å². The Hall–Kier alpha value is -1.88. The molecule has 1 amide bonds. The fraction of sp³-hybridized carbons (Fsp3) is 0.412. The number of hydrogen-bond acceptors (Lipinski definition) is 4. The van der Waals surface area contributed by atoms with Gasteiger partial charge in [0, 0.05) is 18.0 Å². The van der Waals surface area contributed by atoms with Crippen molar-refractivity contribution in [3.63, 3.8) is 0 Å². The van der Waals surface area contributed by atoms with Crippen molar-refractivity contribution in [3.8, 4) is 0 Å². The number of pyridine rings is 1. The molecule has 0 atom stereocenters. The van der Waals surface area contributed by atoms with Gasteiger partial charge < -0.3 is 10.2 Å². The van der Waals surface area contributed by atoms with E-state index in [1.54, 1.807) is 17.5 Å². The van der Waals surface area contributed by atoms with E-state index in [4.69, 9.17) is 0 Å². The Morgan fingerprint density at radius 2 is 2.14 bits per heavy atom. The van der Waals surface area contributed by atoms with Crippen molar-refractivity contribution < 1.29 is 4.79 Å². The Labute approximate surface area is 135 Å². The molecule has 0 saturated carbocycles. The topological polar surface area (TPSA) is 45.2 Å². The lowest BCUT2D eigenvalue weighted by atomic mass is 10.2. The Morgan fingerprint density at radius 3 is 2.73 bits per heavy atom.